The Bertz CT molecular complexity index is 724. The van der Waals surface area contributed by atoms with E-state index < -0.39 is 0 Å². The summed E-state index contributed by atoms with van der Waals surface area (Å²) >= 11 is 9.51. The van der Waals surface area contributed by atoms with Gasteiger partial charge in [0, 0.05) is 40.3 Å². The van der Waals surface area contributed by atoms with Crippen LogP contribution in [0.1, 0.15) is 28.8 Å². The summed E-state index contributed by atoms with van der Waals surface area (Å²) in [5.74, 6) is -0.432. The predicted octanol–water partition coefficient (Wildman–Crippen LogP) is 3.79. The summed E-state index contributed by atoms with van der Waals surface area (Å²) in [6, 6.07) is 8.39. The Hall–Kier alpha value is -1.39. The lowest BCUT2D eigenvalue weighted by molar-refractivity contribution is 0.0965. The van der Waals surface area contributed by atoms with Gasteiger partial charge >= 0.3 is 0 Å². The maximum absolute atomic E-state index is 12.5. The van der Waals surface area contributed by atoms with Crippen LogP contribution < -0.4 is 5.56 Å². The van der Waals surface area contributed by atoms with Gasteiger partial charge in [-0.1, -0.05) is 40.5 Å². The van der Waals surface area contributed by atoms with Crippen molar-refractivity contribution in [3.8, 4) is 0 Å². The Morgan fingerprint density at radius 1 is 1.30 bits per heavy atom. The normalized spacial score (nSPS) is 12.2. The standard InChI is InChI=1S/C15H13BrClNO2/c1-9(12-5-4-11(16)7-13(12)17)15(20)10-3-6-14(19)18(2)8-10/h3-9H,1-2H3. The van der Waals surface area contributed by atoms with Gasteiger partial charge in [-0.3, -0.25) is 9.59 Å². The number of hydrogen-bond acceptors (Lipinski definition) is 2. The van der Waals surface area contributed by atoms with E-state index in [2.05, 4.69) is 15.9 Å². The second-order valence-electron chi connectivity index (χ2n) is 4.62. The number of aromatic nitrogens is 1. The smallest absolute Gasteiger partial charge is 0.250 e. The quantitative estimate of drug-likeness (QED) is 0.787. The van der Waals surface area contributed by atoms with E-state index >= 15 is 0 Å². The molecule has 1 unspecified atom stereocenters. The van der Waals surface area contributed by atoms with Gasteiger partial charge in [0.25, 0.3) is 0 Å². The molecule has 20 heavy (non-hydrogen) atoms. The zero-order chi connectivity index (χ0) is 14.9. The average Bonchev–Trinajstić information content (AvgIpc) is 2.40. The van der Waals surface area contributed by atoms with E-state index in [4.69, 9.17) is 11.6 Å². The molecule has 1 heterocycles. The van der Waals surface area contributed by atoms with Crippen molar-refractivity contribution in [3.05, 3.63) is 67.5 Å². The summed E-state index contributed by atoms with van der Waals surface area (Å²) < 4.78 is 2.26. The van der Waals surface area contributed by atoms with Crippen LogP contribution in [0.25, 0.3) is 0 Å². The molecule has 0 aliphatic carbocycles. The van der Waals surface area contributed by atoms with Crippen molar-refractivity contribution in [2.75, 3.05) is 0 Å². The van der Waals surface area contributed by atoms with Crippen LogP contribution in [0.3, 0.4) is 0 Å². The second-order valence-corrected chi connectivity index (χ2v) is 5.94. The molecule has 1 aromatic carbocycles. The first-order chi connectivity index (χ1) is 9.40. The highest BCUT2D eigenvalue weighted by Crippen LogP contribution is 2.29. The number of ketones is 1. The molecule has 0 bridgehead atoms. The average molecular weight is 355 g/mol. The largest absolute Gasteiger partial charge is 0.318 e. The van der Waals surface area contributed by atoms with E-state index in [9.17, 15) is 9.59 Å². The lowest BCUT2D eigenvalue weighted by Gasteiger charge is -2.13. The third kappa shape index (κ3) is 3.02. The molecule has 0 fully saturated rings. The number of pyridine rings is 1. The molecule has 0 radical (unpaired) electrons. The number of aryl methyl sites for hydroxylation is 1. The number of carbonyl (C=O) groups is 1. The van der Waals surface area contributed by atoms with E-state index in [1.165, 1.54) is 10.6 Å². The van der Waals surface area contributed by atoms with E-state index in [-0.39, 0.29) is 17.3 Å². The third-order valence-corrected chi connectivity index (χ3v) is 4.01. The lowest BCUT2D eigenvalue weighted by atomic mass is 9.93. The van der Waals surface area contributed by atoms with Crippen molar-refractivity contribution in [3.63, 3.8) is 0 Å². The molecule has 0 saturated heterocycles. The fraction of sp³-hybridized carbons (Fsp3) is 0.200. The van der Waals surface area contributed by atoms with Gasteiger partial charge in [0.05, 0.1) is 0 Å². The van der Waals surface area contributed by atoms with Crippen molar-refractivity contribution < 1.29 is 4.79 Å². The summed E-state index contributed by atoms with van der Waals surface area (Å²) in [5, 5.41) is 0.546. The Kier molecular flexibility index (Phi) is 4.45. The van der Waals surface area contributed by atoms with Gasteiger partial charge in [-0.25, -0.2) is 0 Å². The lowest BCUT2D eigenvalue weighted by Crippen LogP contribution is -2.18. The number of Topliss-reactive ketones (excluding diaryl/α,β-unsaturated/α-hetero) is 1. The fourth-order valence-electron chi connectivity index (χ4n) is 1.98. The van der Waals surface area contributed by atoms with Crippen molar-refractivity contribution in [1.82, 2.24) is 4.57 Å². The van der Waals surface area contributed by atoms with Gasteiger partial charge < -0.3 is 4.57 Å². The molecular formula is C15H13BrClNO2. The van der Waals surface area contributed by atoms with Gasteiger partial charge in [0.2, 0.25) is 5.56 Å². The van der Waals surface area contributed by atoms with Crippen molar-refractivity contribution in [2.45, 2.75) is 12.8 Å². The Morgan fingerprint density at radius 3 is 2.60 bits per heavy atom. The summed E-state index contributed by atoms with van der Waals surface area (Å²) in [6.07, 6.45) is 1.55. The van der Waals surface area contributed by atoms with Crippen molar-refractivity contribution >= 4 is 33.3 Å². The van der Waals surface area contributed by atoms with Crippen LogP contribution >= 0.6 is 27.5 Å². The van der Waals surface area contributed by atoms with Crippen LogP contribution in [0.4, 0.5) is 0 Å². The van der Waals surface area contributed by atoms with E-state index in [1.54, 1.807) is 25.4 Å². The van der Waals surface area contributed by atoms with Crippen molar-refractivity contribution in [2.24, 2.45) is 7.05 Å². The van der Waals surface area contributed by atoms with Gasteiger partial charge in [0.15, 0.2) is 5.78 Å². The Labute approximate surface area is 130 Å². The van der Waals surface area contributed by atoms with E-state index in [1.807, 2.05) is 19.1 Å². The first-order valence-electron chi connectivity index (χ1n) is 6.06. The van der Waals surface area contributed by atoms with E-state index in [0.29, 0.717) is 10.6 Å². The van der Waals surface area contributed by atoms with E-state index in [0.717, 1.165) is 10.0 Å². The van der Waals surface area contributed by atoms with Crippen LogP contribution in [-0.4, -0.2) is 10.4 Å². The molecular weight excluding hydrogens is 342 g/mol. The molecule has 3 nitrogen and oxygen atoms in total. The van der Waals surface area contributed by atoms with Crippen LogP contribution in [0.15, 0.2) is 45.8 Å². The maximum atomic E-state index is 12.5. The molecule has 2 rings (SSSR count). The highest BCUT2D eigenvalue weighted by molar-refractivity contribution is 9.10. The van der Waals surface area contributed by atoms with Crippen LogP contribution in [0, 0.1) is 0 Å². The number of rotatable bonds is 3. The molecule has 1 atom stereocenters. The minimum absolute atomic E-state index is 0.0650. The molecule has 5 heteroatoms. The molecule has 0 amide bonds. The Morgan fingerprint density at radius 2 is 2.00 bits per heavy atom. The number of halogens is 2. The third-order valence-electron chi connectivity index (χ3n) is 3.19. The Balaban J connectivity index is 2.37. The number of nitrogens with zero attached hydrogens (tertiary/aromatic N) is 1. The summed E-state index contributed by atoms with van der Waals surface area (Å²) in [5.41, 5.74) is 1.13. The topological polar surface area (TPSA) is 39.1 Å². The minimum atomic E-state index is -0.367. The van der Waals surface area contributed by atoms with Crippen molar-refractivity contribution in [1.29, 1.82) is 0 Å². The monoisotopic (exact) mass is 353 g/mol. The molecule has 0 aliphatic heterocycles. The molecule has 2 aromatic rings. The van der Waals surface area contributed by atoms with Crippen LogP contribution in [0.2, 0.25) is 5.02 Å². The van der Waals surface area contributed by atoms with Gasteiger partial charge in [-0.15, -0.1) is 0 Å². The molecule has 1 aromatic heterocycles. The number of benzene rings is 1. The molecule has 0 saturated carbocycles. The first-order valence-corrected chi connectivity index (χ1v) is 7.23. The van der Waals surface area contributed by atoms with Crippen LogP contribution in [0.5, 0.6) is 0 Å². The zero-order valence-corrected chi connectivity index (χ0v) is 13.4. The zero-order valence-electron chi connectivity index (χ0n) is 11.1. The number of carbonyl (C=O) groups excluding carboxylic acids is 1. The maximum Gasteiger partial charge on any atom is 0.250 e. The molecule has 0 N–H and O–H groups in total. The molecule has 104 valence electrons. The fourth-order valence-corrected chi connectivity index (χ4v) is 2.82. The summed E-state index contributed by atoms with van der Waals surface area (Å²) in [4.78, 5) is 23.8. The van der Waals surface area contributed by atoms with Crippen LogP contribution in [-0.2, 0) is 7.05 Å². The predicted molar refractivity (Wildman–Crippen MR) is 83.6 cm³/mol. The number of hydrogen-bond donors (Lipinski definition) is 0. The highest BCUT2D eigenvalue weighted by atomic mass is 79.9. The molecule has 0 aliphatic rings. The SMILES string of the molecule is CC(C(=O)c1ccc(=O)n(C)c1)c1ccc(Br)cc1Cl. The highest BCUT2D eigenvalue weighted by Gasteiger charge is 2.20. The van der Waals surface area contributed by atoms with Gasteiger partial charge in [0.1, 0.15) is 0 Å². The minimum Gasteiger partial charge on any atom is -0.318 e. The summed E-state index contributed by atoms with van der Waals surface area (Å²) in [6.45, 7) is 1.81. The first kappa shape index (κ1) is 15.0. The summed E-state index contributed by atoms with van der Waals surface area (Å²) in [7, 11) is 1.62. The van der Waals surface area contributed by atoms with Gasteiger partial charge in [-0.2, -0.15) is 0 Å². The molecule has 0 spiro atoms. The van der Waals surface area contributed by atoms with Gasteiger partial charge in [-0.05, 0) is 23.8 Å². The second kappa shape index (κ2) is 5.94.